The highest BCUT2D eigenvalue weighted by Crippen LogP contribution is 2.16. The van der Waals surface area contributed by atoms with Crippen LogP contribution in [0.25, 0.3) is 0 Å². The predicted molar refractivity (Wildman–Crippen MR) is 98.9 cm³/mol. The topological polar surface area (TPSA) is 36.4 Å². The molecule has 0 saturated heterocycles. The fourth-order valence-corrected chi connectivity index (χ4v) is 1.80. The van der Waals surface area contributed by atoms with Gasteiger partial charge in [0.25, 0.3) is 0 Å². The highest BCUT2D eigenvalue weighted by atomic mass is 127. The molecule has 1 aromatic carbocycles. The third-order valence-corrected chi connectivity index (χ3v) is 3.11. The van der Waals surface area contributed by atoms with Crippen LogP contribution in [0, 0.1) is 12.7 Å². The number of hydrogen-bond acceptors (Lipinski definition) is 1. The van der Waals surface area contributed by atoms with Gasteiger partial charge in [-0.1, -0.05) is 24.3 Å². The van der Waals surface area contributed by atoms with Gasteiger partial charge in [0.05, 0.1) is 6.04 Å². The average Bonchev–Trinajstić information content (AvgIpc) is 2.44. The zero-order chi connectivity index (χ0) is 15.0. The van der Waals surface area contributed by atoms with Gasteiger partial charge in [0, 0.05) is 13.6 Å². The van der Waals surface area contributed by atoms with E-state index in [-0.39, 0.29) is 35.8 Å². The molecule has 21 heavy (non-hydrogen) atoms. The van der Waals surface area contributed by atoms with E-state index in [0.29, 0.717) is 5.56 Å². The van der Waals surface area contributed by atoms with Crippen LogP contribution in [0.2, 0.25) is 0 Å². The van der Waals surface area contributed by atoms with E-state index in [9.17, 15) is 4.39 Å². The van der Waals surface area contributed by atoms with Crippen molar-refractivity contribution in [3.8, 4) is 0 Å². The van der Waals surface area contributed by atoms with E-state index < -0.39 is 0 Å². The first kappa shape index (κ1) is 19.9. The summed E-state index contributed by atoms with van der Waals surface area (Å²) in [5, 5.41) is 6.48. The molecular formula is C16H25FIN3. The second-order valence-corrected chi connectivity index (χ2v) is 4.73. The molecule has 1 atom stereocenters. The van der Waals surface area contributed by atoms with Crippen molar-refractivity contribution in [3.63, 3.8) is 0 Å². The number of aryl methyl sites for hydroxylation is 1. The van der Waals surface area contributed by atoms with Crippen molar-refractivity contribution in [2.45, 2.75) is 33.2 Å². The molecule has 0 heterocycles. The number of nitrogens with one attached hydrogen (secondary N) is 2. The first-order valence-corrected chi connectivity index (χ1v) is 6.93. The zero-order valence-corrected chi connectivity index (χ0v) is 15.4. The molecule has 0 aliphatic heterocycles. The summed E-state index contributed by atoms with van der Waals surface area (Å²) in [5.41, 5.74) is 1.57. The van der Waals surface area contributed by atoms with E-state index in [1.165, 1.54) is 0 Å². The summed E-state index contributed by atoms with van der Waals surface area (Å²) in [6.45, 7) is 6.57. The largest absolute Gasteiger partial charge is 0.356 e. The van der Waals surface area contributed by atoms with Crippen molar-refractivity contribution in [1.29, 1.82) is 0 Å². The van der Waals surface area contributed by atoms with Crippen LogP contribution in [-0.4, -0.2) is 19.6 Å². The Morgan fingerprint density at radius 2 is 2.14 bits per heavy atom. The van der Waals surface area contributed by atoms with Crippen LogP contribution in [0.1, 0.15) is 37.4 Å². The lowest BCUT2D eigenvalue weighted by Gasteiger charge is -2.18. The summed E-state index contributed by atoms with van der Waals surface area (Å²) in [6, 6.07) is 5.30. The van der Waals surface area contributed by atoms with E-state index in [1.807, 2.05) is 26.0 Å². The third-order valence-electron chi connectivity index (χ3n) is 3.11. The first-order valence-electron chi connectivity index (χ1n) is 6.93. The lowest BCUT2D eigenvalue weighted by molar-refractivity contribution is 0.607. The molecule has 0 amide bonds. The number of hydrogen-bond donors (Lipinski definition) is 2. The van der Waals surface area contributed by atoms with Crippen LogP contribution in [0.3, 0.4) is 0 Å². The van der Waals surface area contributed by atoms with Gasteiger partial charge < -0.3 is 10.6 Å². The van der Waals surface area contributed by atoms with Gasteiger partial charge in [0.15, 0.2) is 5.96 Å². The van der Waals surface area contributed by atoms with Gasteiger partial charge in [-0.3, -0.25) is 4.99 Å². The Balaban J connectivity index is 0.00000400. The summed E-state index contributed by atoms with van der Waals surface area (Å²) in [6.07, 6.45) is 5.07. The number of halogens is 2. The average molecular weight is 405 g/mol. The second-order valence-electron chi connectivity index (χ2n) is 4.73. The summed E-state index contributed by atoms with van der Waals surface area (Å²) in [4.78, 5) is 4.17. The lowest BCUT2D eigenvalue weighted by atomic mass is 10.1. The van der Waals surface area contributed by atoms with Crippen LogP contribution >= 0.6 is 24.0 Å². The van der Waals surface area contributed by atoms with Crippen molar-refractivity contribution >= 4 is 29.9 Å². The smallest absolute Gasteiger partial charge is 0.191 e. The number of aliphatic imine (C=N–C) groups is 1. The Hall–Kier alpha value is -1.11. The molecule has 1 unspecified atom stereocenters. The molecule has 5 heteroatoms. The number of rotatable bonds is 5. The van der Waals surface area contributed by atoms with Gasteiger partial charge in [-0.15, -0.1) is 24.0 Å². The minimum atomic E-state index is -0.174. The van der Waals surface area contributed by atoms with Crippen molar-refractivity contribution < 1.29 is 4.39 Å². The van der Waals surface area contributed by atoms with E-state index in [4.69, 9.17) is 0 Å². The Morgan fingerprint density at radius 3 is 2.71 bits per heavy atom. The number of benzene rings is 1. The quantitative estimate of drug-likeness (QED) is 0.256. The monoisotopic (exact) mass is 405 g/mol. The maximum absolute atomic E-state index is 13.6. The SMILES string of the molecule is C/C=C/CCNC(=NC)NC(C)c1ccc(C)c(F)c1.I. The molecule has 0 saturated carbocycles. The zero-order valence-electron chi connectivity index (χ0n) is 13.1. The van der Waals surface area contributed by atoms with Crippen molar-refractivity contribution in [2.75, 3.05) is 13.6 Å². The van der Waals surface area contributed by atoms with Crippen LogP contribution in [0.4, 0.5) is 4.39 Å². The molecule has 0 radical (unpaired) electrons. The maximum Gasteiger partial charge on any atom is 0.191 e. The van der Waals surface area contributed by atoms with Crippen LogP contribution < -0.4 is 10.6 Å². The molecule has 0 aromatic heterocycles. The normalized spacial score (nSPS) is 12.9. The summed E-state index contributed by atoms with van der Waals surface area (Å²) < 4.78 is 13.6. The van der Waals surface area contributed by atoms with Gasteiger partial charge in [-0.25, -0.2) is 4.39 Å². The van der Waals surface area contributed by atoms with Crippen molar-refractivity contribution in [2.24, 2.45) is 4.99 Å². The molecule has 2 N–H and O–H groups in total. The molecule has 1 aromatic rings. The minimum Gasteiger partial charge on any atom is -0.356 e. The van der Waals surface area contributed by atoms with E-state index >= 15 is 0 Å². The lowest BCUT2D eigenvalue weighted by Crippen LogP contribution is -2.39. The third kappa shape index (κ3) is 6.93. The molecule has 0 aliphatic carbocycles. The fourth-order valence-electron chi connectivity index (χ4n) is 1.80. The highest BCUT2D eigenvalue weighted by molar-refractivity contribution is 14.0. The molecule has 1 rings (SSSR count). The highest BCUT2D eigenvalue weighted by Gasteiger charge is 2.09. The Bertz CT molecular complexity index is 486. The maximum atomic E-state index is 13.6. The van der Waals surface area contributed by atoms with Crippen LogP contribution in [0.5, 0.6) is 0 Å². The first-order chi connectivity index (χ1) is 9.58. The fraction of sp³-hybridized carbons (Fsp3) is 0.438. The van der Waals surface area contributed by atoms with Crippen LogP contribution in [-0.2, 0) is 0 Å². The molecule has 0 aliphatic rings. The van der Waals surface area contributed by atoms with Gasteiger partial charge in [0.1, 0.15) is 5.82 Å². The summed E-state index contributed by atoms with van der Waals surface area (Å²) in [5.74, 6) is 0.551. The van der Waals surface area contributed by atoms with Gasteiger partial charge >= 0.3 is 0 Å². The Morgan fingerprint density at radius 1 is 1.43 bits per heavy atom. The number of nitrogens with zero attached hydrogens (tertiary/aromatic N) is 1. The molecule has 0 fully saturated rings. The molecule has 3 nitrogen and oxygen atoms in total. The standard InChI is InChI=1S/C16H24FN3.HI/c1-5-6-7-10-19-16(18-4)20-13(3)14-9-8-12(2)15(17)11-14;/h5-6,8-9,11,13H,7,10H2,1-4H3,(H2,18,19,20);1H/b6-5+;. The number of guanidine groups is 1. The molecule has 118 valence electrons. The Labute approximate surface area is 144 Å². The molecule has 0 spiro atoms. The van der Waals surface area contributed by atoms with Crippen molar-refractivity contribution in [3.05, 3.63) is 47.3 Å². The molecule has 0 bridgehead atoms. The minimum absolute atomic E-state index is 0. The van der Waals surface area contributed by atoms with E-state index in [0.717, 1.165) is 24.5 Å². The van der Waals surface area contributed by atoms with Crippen molar-refractivity contribution in [1.82, 2.24) is 10.6 Å². The predicted octanol–water partition coefficient (Wildman–Crippen LogP) is 3.94. The van der Waals surface area contributed by atoms with E-state index in [1.54, 1.807) is 26.1 Å². The summed E-state index contributed by atoms with van der Waals surface area (Å²) >= 11 is 0. The Kier molecular flexibility index (Phi) is 10.0. The van der Waals surface area contributed by atoms with Crippen LogP contribution in [0.15, 0.2) is 35.3 Å². The molecular weight excluding hydrogens is 380 g/mol. The van der Waals surface area contributed by atoms with E-state index in [2.05, 4.69) is 21.7 Å². The van der Waals surface area contributed by atoms with Gasteiger partial charge in [0.2, 0.25) is 0 Å². The van der Waals surface area contributed by atoms with Gasteiger partial charge in [-0.2, -0.15) is 0 Å². The second kappa shape index (κ2) is 10.6. The van der Waals surface area contributed by atoms with Gasteiger partial charge in [-0.05, 0) is 44.4 Å². The summed E-state index contributed by atoms with van der Waals surface area (Å²) in [7, 11) is 1.73. The number of allylic oxidation sites excluding steroid dienone is 1.